The molecule has 0 spiro atoms. The summed E-state index contributed by atoms with van der Waals surface area (Å²) in [5.74, 6) is 0.805. The van der Waals surface area contributed by atoms with Crippen LogP contribution < -0.4 is 0 Å². The summed E-state index contributed by atoms with van der Waals surface area (Å²) in [5.41, 5.74) is 5.55. The van der Waals surface area contributed by atoms with Gasteiger partial charge in [-0.15, -0.1) is 0 Å². The Labute approximate surface area is 164 Å². The molecule has 0 radical (unpaired) electrons. The Morgan fingerprint density at radius 2 is 1.21 bits per heavy atom. The fourth-order valence-corrected chi connectivity index (χ4v) is 3.98. The van der Waals surface area contributed by atoms with Crippen LogP contribution in [0.5, 0.6) is 0 Å². The molecule has 0 aliphatic rings. The predicted molar refractivity (Wildman–Crippen MR) is 117 cm³/mol. The average Bonchev–Trinajstić information content (AvgIpc) is 2.73. The van der Waals surface area contributed by atoms with E-state index in [2.05, 4.69) is 88.8 Å². The fourth-order valence-electron chi connectivity index (χ4n) is 3.98. The lowest BCUT2D eigenvalue weighted by molar-refractivity contribution is 1.02. The summed E-state index contributed by atoms with van der Waals surface area (Å²) < 4.78 is 0. The molecule has 0 aliphatic carbocycles. The Kier molecular flexibility index (Phi) is 3.91. The molecule has 1 aromatic heterocycles. The molecule has 134 valence electrons. The van der Waals surface area contributed by atoms with Gasteiger partial charge in [-0.1, -0.05) is 72.8 Å². The maximum absolute atomic E-state index is 4.59. The molecule has 28 heavy (non-hydrogen) atoms. The number of benzene rings is 4. The van der Waals surface area contributed by atoms with Gasteiger partial charge in [-0.3, -0.25) is 0 Å². The molecule has 0 saturated carbocycles. The quantitative estimate of drug-likeness (QED) is 0.326. The number of aromatic nitrogens is 2. The second-order valence-corrected chi connectivity index (χ2v) is 7.21. The highest BCUT2D eigenvalue weighted by Crippen LogP contribution is 2.35. The lowest BCUT2D eigenvalue weighted by atomic mass is 9.93. The third-order valence-electron chi connectivity index (χ3n) is 5.23. The first-order chi connectivity index (χ1) is 13.7. The van der Waals surface area contributed by atoms with E-state index in [0.29, 0.717) is 0 Å². The Morgan fingerprint density at radius 1 is 0.571 bits per heavy atom. The molecule has 0 amide bonds. The van der Waals surface area contributed by atoms with E-state index < -0.39 is 0 Å². The van der Waals surface area contributed by atoms with E-state index in [1.54, 1.807) is 0 Å². The van der Waals surface area contributed by atoms with E-state index in [4.69, 9.17) is 0 Å². The van der Waals surface area contributed by atoms with Crippen LogP contribution in [0.4, 0.5) is 0 Å². The van der Waals surface area contributed by atoms with Crippen LogP contribution in [0.15, 0.2) is 84.9 Å². The summed E-state index contributed by atoms with van der Waals surface area (Å²) in [4.78, 5) is 8.96. The lowest BCUT2D eigenvalue weighted by Crippen LogP contribution is -1.93. The van der Waals surface area contributed by atoms with E-state index in [-0.39, 0.29) is 0 Å². The third kappa shape index (κ3) is 2.84. The summed E-state index contributed by atoms with van der Waals surface area (Å²) in [6.45, 7) is 3.94. The molecule has 5 aromatic rings. The Morgan fingerprint density at radius 3 is 1.96 bits per heavy atom. The number of fused-ring (bicyclic) bond motifs is 3. The molecule has 0 aliphatic heterocycles. The van der Waals surface area contributed by atoms with Gasteiger partial charge >= 0.3 is 0 Å². The summed E-state index contributed by atoms with van der Waals surface area (Å²) in [7, 11) is 0. The zero-order chi connectivity index (χ0) is 19.1. The monoisotopic (exact) mass is 360 g/mol. The number of hydrogen-bond donors (Lipinski definition) is 0. The molecule has 0 saturated heterocycles. The van der Waals surface area contributed by atoms with Crippen LogP contribution in [-0.4, -0.2) is 9.97 Å². The number of hydrogen-bond acceptors (Lipinski definition) is 2. The lowest BCUT2D eigenvalue weighted by Gasteiger charge is -2.12. The third-order valence-corrected chi connectivity index (χ3v) is 5.23. The minimum Gasteiger partial charge on any atom is -0.239 e. The van der Waals surface area contributed by atoms with Gasteiger partial charge in [0.2, 0.25) is 0 Å². The number of aryl methyl sites for hydroxylation is 2. The van der Waals surface area contributed by atoms with E-state index in [1.165, 1.54) is 32.7 Å². The van der Waals surface area contributed by atoms with Crippen LogP contribution in [0.2, 0.25) is 0 Å². The zero-order valence-corrected chi connectivity index (χ0v) is 16.0. The fraction of sp³-hybridized carbons (Fsp3) is 0.0769. The second kappa shape index (κ2) is 6.58. The highest BCUT2D eigenvalue weighted by molar-refractivity contribution is 6.13. The molecule has 2 nitrogen and oxygen atoms in total. The van der Waals surface area contributed by atoms with Gasteiger partial charge in [-0.05, 0) is 58.7 Å². The first-order valence-corrected chi connectivity index (χ1v) is 9.53. The van der Waals surface area contributed by atoms with E-state index in [9.17, 15) is 0 Å². The van der Waals surface area contributed by atoms with Crippen LogP contribution in [0.1, 0.15) is 11.5 Å². The van der Waals surface area contributed by atoms with Crippen molar-refractivity contribution in [2.24, 2.45) is 0 Å². The van der Waals surface area contributed by atoms with Gasteiger partial charge in [0, 0.05) is 11.3 Å². The average molecular weight is 360 g/mol. The summed E-state index contributed by atoms with van der Waals surface area (Å²) >= 11 is 0. The minimum absolute atomic E-state index is 0.805. The van der Waals surface area contributed by atoms with Crippen LogP contribution in [0.25, 0.3) is 43.9 Å². The van der Waals surface area contributed by atoms with Crippen LogP contribution >= 0.6 is 0 Å². The van der Waals surface area contributed by atoms with E-state index in [0.717, 1.165) is 22.8 Å². The van der Waals surface area contributed by atoms with Gasteiger partial charge < -0.3 is 0 Å². The Balaban J connectivity index is 1.67. The van der Waals surface area contributed by atoms with Gasteiger partial charge in [0.1, 0.15) is 5.82 Å². The van der Waals surface area contributed by atoms with Crippen molar-refractivity contribution in [2.45, 2.75) is 13.8 Å². The first-order valence-electron chi connectivity index (χ1n) is 9.53. The van der Waals surface area contributed by atoms with Crippen molar-refractivity contribution >= 4 is 21.5 Å². The molecule has 5 rings (SSSR count). The zero-order valence-electron chi connectivity index (χ0n) is 16.0. The van der Waals surface area contributed by atoms with Crippen molar-refractivity contribution < 1.29 is 0 Å². The molecule has 0 bridgehead atoms. The molecule has 1 heterocycles. The van der Waals surface area contributed by atoms with Gasteiger partial charge in [0.25, 0.3) is 0 Å². The normalized spacial score (nSPS) is 11.2. The highest BCUT2D eigenvalue weighted by Gasteiger charge is 2.09. The first kappa shape index (κ1) is 16.6. The highest BCUT2D eigenvalue weighted by atomic mass is 14.9. The van der Waals surface area contributed by atoms with Crippen molar-refractivity contribution in [3.05, 3.63) is 96.4 Å². The summed E-state index contributed by atoms with van der Waals surface area (Å²) in [6, 6.07) is 30.3. The predicted octanol–water partition coefficient (Wildman–Crippen LogP) is 6.73. The van der Waals surface area contributed by atoms with Crippen molar-refractivity contribution in [3.8, 4) is 22.4 Å². The van der Waals surface area contributed by atoms with Crippen molar-refractivity contribution in [1.29, 1.82) is 0 Å². The molecule has 0 N–H and O–H groups in total. The summed E-state index contributed by atoms with van der Waals surface area (Å²) in [6.07, 6.45) is 0. The van der Waals surface area contributed by atoms with Gasteiger partial charge in [0.15, 0.2) is 0 Å². The van der Waals surface area contributed by atoms with E-state index >= 15 is 0 Å². The topological polar surface area (TPSA) is 25.8 Å². The van der Waals surface area contributed by atoms with E-state index in [1.807, 2.05) is 19.9 Å². The van der Waals surface area contributed by atoms with Crippen LogP contribution in [0.3, 0.4) is 0 Å². The molecule has 2 heteroatoms. The molecule has 4 aromatic carbocycles. The van der Waals surface area contributed by atoms with Crippen molar-refractivity contribution in [1.82, 2.24) is 9.97 Å². The smallest absolute Gasteiger partial charge is 0.126 e. The Hall–Kier alpha value is -3.52. The maximum Gasteiger partial charge on any atom is 0.126 e. The molecular formula is C26H20N2. The summed E-state index contributed by atoms with van der Waals surface area (Å²) in [5, 5.41) is 5.14. The number of nitrogens with zero attached hydrogens (tertiary/aromatic N) is 2. The molecule has 0 atom stereocenters. The standard InChI is InChI=1S/C26H20N2/c1-17-15-26(28-18(2)27-17)20-13-11-19(12-14-20)25-16-21-7-3-4-8-22(21)23-9-5-6-10-24(23)25/h3-16H,1-2H3. The Bertz CT molecular complexity index is 1300. The van der Waals surface area contributed by atoms with Gasteiger partial charge in [-0.25, -0.2) is 9.97 Å². The molecule has 0 fully saturated rings. The minimum atomic E-state index is 0.805. The molecular weight excluding hydrogens is 340 g/mol. The SMILES string of the molecule is Cc1cc(-c2ccc(-c3cc4ccccc4c4ccccc34)cc2)nc(C)n1. The van der Waals surface area contributed by atoms with Crippen LogP contribution in [0, 0.1) is 13.8 Å². The maximum atomic E-state index is 4.59. The van der Waals surface area contributed by atoms with Crippen molar-refractivity contribution in [2.75, 3.05) is 0 Å². The second-order valence-electron chi connectivity index (χ2n) is 7.21. The number of rotatable bonds is 2. The van der Waals surface area contributed by atoms with Gasteiger partial charge in [0.05, 0.1) is 5.69 Å². The van der Waals surface area contributed by atoms with Crippen LogP contribution in [-0.2, 0) is 0 Å². The largest absolute Gasteiger partial charge is 0.239 e. The van der Waals surface area contributed by atoms with Gasteiger partial charge in [-0.2, -0.15) is 0 Å². The van der Waals surface area contributed by atoms with Crippen molar-refractivity contribution in [3.63, 3.8) is 0 Å². The molecule has 0 unspecified atom stereocenters.